The van der Waals surface area contributed by atoms with Crippen LogP contribution < -0.4 is 5.56 Å². The van der Waals surface area contributed by atoms with Gasteiger partial charge in [-0.05, 0) is 24.8 Å². The predicted molar refractivity (Wildman–Crippen MR) is 110 cm³/mol. The van der Waals surface area contributed by atoms with E-state index in [1.165, 1.54) is 16.5 Å². The van der Waals surface area contributed by atoms with Gasteiger partial charge in [0.1, 0.15) is 6.23 Å². The number of aromatic nitrogens is 5. The average Bonchev–Trinajstić information content (AvgIpc) is 3.51. The number of benzene rings is 1. The van der Waals surface area contributed by atoms with Crippen LogP contribution in [0.2, 0.25) is 0 Å². The van der Waals surface area contributed by atoms with Crippen molar-refractivity contribution in [3.63, 3.8) is 0 Å². The van der Waals surface area contributed by atoms with E-state index in [9.17, 15) is 20.0 Å². The molecule has 4 aromatic rings. The number of rotatable bonds is 6. The van der Waals surface area contributed by atoms with Crippen LogP contribution in [0.15, 0.2) is 47.8 Å². The molecule has 5 rings (SSSR count). The maximum absolute atomic E-state index is 12.9. The summed E-state index contributed by atoms with van der Waals surface area (Å²) in [4.78, 5) is 32.2. The van der Waals surface area contributed by atoms with E-state index in [-0.39, 0.29) is 35.7 Å². The number of fused-ring (bicyclic) bond motifs is 2. The summed E-state index contributed by atoms with van der Waals surface area (Å²) in [7, 11) is 0. The molecule has 0 amide bonds. The average molecular weight is 424 g/mol. The molecule has 0 bridgehead atoms. The minimum atomic E-state index is -0.426. The summed E-state index contributed by atoms with van der Waals surface area (Å²) in [5, 5.41) is 20.1. The van der Waals surface area contributed by atoms with Crippen molar-refractivity contribution in [2.24, 2.45) is 0 Å². The first-order valence-electron chi connectivity index (χ1n) is 9.99. The van der Waals surface area contributed by atoms with Crippen molar-refractivity contribution in [1.29, 1.82) is 0 Å². The van der Waals surface area contributed by atoms with Crippen LogP contribution in [0.5, 0.6) is 0 Å². The minimum absolute atomic E-state index is 0.0467. The van der Waals surface area contributed by atoms with Gasteiger partial charge in [-0.25, -0.2) is 9.38 Å². The third-order valence-electron chi connectivity index (χ3n) is 5.65. The lowest BCUT2D eigenvalue weighted by Gasteiger charge is -2.14. The molecular formula is C20H20N6O5. The number of aryl methyl sites for hydroxylation is 2. The number of nitro benzene ring substituents is 1. The Morgan fingerprint density at radius 1 is 1.23 bits per heavy atom. The van der Waals surface area contributed by atoms with Crippen molar-refractivity contribution in [2.45, 2.75) is 38.1 Å². The van der Waals surface area contributed by atoms with Crippen LogP contribution in [-0.4, -0.2) is 46.2 Å². The lowest BCUT2D eigenvalue weighted by molar-refractivity contribution is -0.384. The standard InChI is InChI=1S/C20H20N6O5/c27-11-15-5-6-16(31-15)25-12-21-17-18(25)22-20-23(9-10-24(20)19(17)28)8-7-13-1-3-14(4-2-13)26(29)30/h1-4,9-10,12,15-16,27H,5-8,11H2/t15-,16+/m0/s1. The zero-order valence-electron chi connectivity index (χ0n) is 16.5. The Hall–Kier alpha value is -3.57. The van der Waals surface area contributed by atoms with Crippen molar-refractivity contribution in [3.05, 3.63) is 69.0 Å². The highest BCUT2D eigenvalue weighted by Gasteiger charge is 2.28. The quantitative estimate of drug-likeness (QED) is 0.368. The molecule has 0 aliphatic carbocycles. The van der Waals surface area contributed by atoms with Gasteiger partial charge in [-0.15, -0.1) is 0 Å². The summed E-state index contributed by atoms with van der Waals surface area (Å²) in [5.41, 5.74) is 1.45. The smallest absolute Gasteiger partial charge is 0.287 e. The molecule has 0 saturated carbocycles. The number of hydrogen-bond donors (Lipinski definition) is 1. The minimum Gasteiger partial charge on any atom is -0.394 e. The highest BCUT2D eigenvalue weighted by molar-refractivity contribution is 5.71. The van der Waals surface area contributed by atoms with Crippen molar-refractivity contribution in [1.82, 2.24) is 23.5 Å². The molecule has 1 aliphatic heterocycles. The molecule has 3 aromatic heterocycles. The third-order valence-corrected chi connectivity index (χ3v) is 5.65. The van der Waals surface area contributed by atoms with Crippen LogP contribution in [0.3, 0.4) is 0 Å². The highest BCUT2D eigenvalue weighted by Crippen LogP contribution is 2.29. The summed E-state index contributed by atoms with van der Waals surface area (Å²) in [5.74, 6) is 0.484. The van der Waals surface area contributed by atoms with Gasteiger partial charge in [0.15, 0.2) is 11.2 Å². The van der Waals surface area contributed by atoms with Crippen molar-refractivity contribution in [3.8, 4) is 0 Å². The molecule has 1 aliphatic rings. The number of nitro groups is 1. The number of imidazole rings is 2. The molecule has 2 atom stereocenters. The van der Waals surface area contributed by atoms with E-state index in [0.29, 0.717) is 30.8 Å². The maximum atomic E-state index is 12.9. The molecule has 0 spiro atoms. The summed E-state index contributed by atoms with van der Waals surface area (Å²) >= 11 is 0. The van der Waals surface area contributed by atoms with E-state index in [4.69, 9.17) is 9.72 Å². The normalized spacial score (nSPS) is 18.9. The Morgan fingerprint density at radius 3 is 2.74 bits per heavy atom. The van der Waals surface area contributed by atoms with E-state index >= 15 is 0 Å². The van der Waals surface area contributed by atoms with Crippen LogP contribution in [-0.2, 0) is 17.7 Å². The van der Waals surface area contributed by atoms with Crippen molar-refractivity contribution >= 4 is 22.6 Å². The predicted octanol–water partition coefficient (Wildman–Crippen LogP) is 1.67. The number of aliphatic hydroxyl groups is 1. The van der Waals surface area contributed by atoms with Gasteiger partial charge in [-0.2, -0.15) is 4.98 Å². The molecular weight excluding hydrogens is 404 g/mol. The van der Waals surface area contributed by atoms with Crippen LogP contribution >= 0.6 is 0 Å². The van der Waals surface area contributed by atoms with Gasteiger partial charge in [-0.1, -0.05) is 12.1 Å². The fourth-order valence-electron chi connectivity index (χ4n) is 3.97. The lowest BCUT2D eigenvalue weighted by Crippen LogP contribution is -2.18. The van der Waals surface area contributed by atoms with Gasteiger partial charge in [0.05, 0.1) is 24.0 Å². The largest absolute Gasteiger partial charge is 0.394 e. The van der Waals surface area contributed by atoms with E-state index in [2.05, 4.69) is 4.98 Å². The van der Waals surface area contributed by atoms with Crippen LogP contribution in [0, 0.1) is 10.1 Å². The second-order valence-corrected chi connectivity index (χ2v) is 7.55. The molecule has 1 saturated heterocycles. The van der Waals surface area contributed by atoms with Crippen LogP contribution in [0.25, 0.3) is 16.9 Å². The Kier molecular flexibility index (Phi) is 4.75. The summed E-state index contributed by atoms with van der Waals surface area (Å²) in [6.07, 6.45) is 6.52. The molecule has 0 unspecified atom stereocenters. The van der Waals surface area contributed by atoms with Crippen molar-refractivity contribution in [2.75, 3.05) is 6.61 Å². The summed E-state index contributed by atoms with van der Waals surface area (Å²) in [6.45, 7) is 0.502. The Bertz CT molecular complexity index is 1320. The Labute approximate surface area is 175 Å². The first kappa shape index (κ1) is 19.4. The zero-order valence-corrected chi connectivity index (χ0v) is 16.5. The molecule has 160 valence electrons. The van der Waals surface area contributed by atoms with Crippen LogP contribution in [0.1, 0.15) is 24.6 Å². The second-order valence-electron chi connectivity index (χ2n) is 7.55. The van der Waals surface area contributed by atoms with E-state index in [1.807, 2.05) is 4.57 Å². The molecule has 1 fully saturated rings. The number of nitrogens with zero attached hydrogens (tertiary/aromatic N) is 6. The fourth-order valence-corrected chi connectivity index (χ4v) is 3.97. The third kappa shape index (κ3) is 3.37. The van der Waals surface area contributed by atoms with E-state index in [1.54, 1.807) is 35.4 Å². The van der Waals surface area contributed by atoms with Gasteiger partial charge in [-0.3, -0.25) is 19.5 Å². The van der Waals surface area contributed by atoms with Gasteiger partial charge < -0.3 is 14.4 Å². The van der Waals surface area contributed by atoms with Gasteiger partial charge in [0.25, 0.3) is 11.2 Å². The monoisotopic (exact) mass is 424 g/mol. The molecule has 11 nitrogen and oxygen atoms in total. The van der Waals surface area contributed by atoms with E-state index < -0.39 is 4.92 Å². The SMILES string of the molecule is O=c1c2ncn([C@H]3CC[C@@H](CO)O3)c2nc2n(CCc3ccc([N+](=O)[O-])cc3)ccn12. The molecule has 11 heteroatoms. The van der Waals surface area contributed by atoms with Gasteiger partial charge >= 0.3 is 0 Å². The Morgan fingerprint density at radius 2 is 2.03 bits per heavy atom. The number of hydrogen-bond acceptors (Lipinski definition) is 7. The number of non-ortho nitro benzene ring substituents is 1. The maximum Gasteiger partial charge on any atom is 0.287 e. The molecule has 1 N–H and O–H groups in total. The zero-order chi connectivity index (χ0) is 21.5. The van der Waals surface area contributed by atoms with Gasteiger partial charge in [0, 0.05) is 31.1 Å². The van der Waals surface area contributed by atoms with Crippen molar-refractivity contribution < 1.29 is 14.8 Å². The topological polar surface area (TPSA) is 130 Å². The number of ether oxygens (including phenoxy) is 1. The summed E-state index contributed by atoms with van der Waals surface area (Å²) in [6, 6.07) is 6.42. The molecule has 1 aromatic carbocycles. The first-order chi connectivity index (χ1) is 15.0. The molecule has 4 heterocycles. The molecule has 31 heavy (non-hydrogen) atoms. The number of aliphatic hydroxyl groups excluding tert-OH is 1. The lowest BCUT2D eigenvalue weighted by atomic mass is 10.1. The second kappa shape index (κ2) is 7.60. The highest BCUT2D eigenvalue weighted by atomic mass is 16.6. The van der Waals surface area contributed by atoms with E-state index in [0.717, 1.165) is 12.0 Å². The van der Waals surface area contributed by atoms with Crippen LogP contribution in [0.4, 0.5) is 5.69 Å². The molecule has 0 radical (unpaired) electrons. The first-order valence-corrected chi connectivity index (χ1v) is 9.99. The Balaban J connectivity index is 1.46. The van der Waals surface area contributed by atoms with Gasteiger partial charge in [0.2, 0.25) is 5.78 Å². The summed E-state index contributed by atoms with van der Waals surface area (Å²) < 4.78 is 10.9. The fraction of sp³-hybridized carbons (Fsp3) is 0.350.